The number of halogens is 1. The Kier molecular flexibility index (Phi) is 4.14. The van der Waals surface area contributed by atoms with Crippen LogP contribution in [0.1, 0.15) is 0 Å². The summed E-state index contributed by atoms with van der Waals surface area (Å²) in [5.74, 6) is -0.159. The summed E-state index contributed by atoms with van der Waals surface area (Å²) < 4.78 is 6.71. The number of fused-ring (bicyclic) bond motifs is 2. The van der Waals surface area contributed by atoms with E-state index in [4.69, 9.17) is 16.3 Å². The average Bonchev–Trinajstić information content (AvgIpc) is 2.67. The lowest BCUT2D eigenvalue weighted by Gasteiger charge is -2.10. The van der Waals surface area contributed by atoms with Crippen LogP contribution in [0, 0.1) is 0 Å². The molecule has 0 fully saturated rings. The molecule has 4 rings (SSSR count). The molecule has 0 unspecified atom stereocenters. The molecule has 26 heavy (non-hydrogen) atoms. The maximum atomic E-state index is 12.5. The second-order valence-electron chi connectivity index (χ2n) is 5.76. The first-order valence-electron chi connectivity index (χ1n) is 7.95. The van der Waals surface area contributed by atoms with Crippen LogP contribution < -0.4 is 10.3 Å². The predicted molar refractivity (Wildman–Crippen MR) is 101 cm³/mol. The number of ether oxygens (including phenoxy) is 1. The van der Waals surface area contributed by atoms with Crippen molar-refractivity contribution in [2.75, 3.05) is 0 Å². The van der Waals surface area contributed by atoms with E-state index in [1.54, 1.807) is 36.4 Å². The molecule has 1 aromatic heterocycles. The Hall–Kier alpha value is -3.18. The Balaban J connectivity index is 1.64. The Labute approximate surface area is 153 Å². The van der Waals surface area contributed by atoms with Gasteiger partial charge in [0.05, 0.1) is 17.2 Å². The van der Waals surface area contributed by atoms with E-state index < -0.39 is 5.97 Å². The monoisotopic (exact) mass is 364 g/mol. The highest BCUT2D eigenvalue weighted by atomic mass is 35.5. The summed E-state index contributed by atoms with van der Waals surface area (Å²) in [6.45, 7) is -0.229. The van der Waals surface area contributed by atoms with E-state index >= 15 is 0 Å². The van der Waals surface area contributed by atoms with Gasteiger partial charge in [-0.2, -0.15) is 0 Å². The normalized spacial score (nSPS) is 11.0. The van der Waals surface area contributed by atoms with E-state index in [0.29, 0.717) is 21.7 Å². The average molecular weight is 365 g/mol. The van der Waals surface area contributed by atoms with Crippen LogP contribution in [-0.4, -0.2) is 15.5 Å². The number of benzene rings is 3. The van der Waals surface area contributed by atoms with E-state index in [1.165, 1.54) is 10.9 Å². The van der Waals surface area contributed by atoms with Crippen LogP contribution in [0.3, 0.4) is 0 Å². The summed E-state index contributed by atoms with van der Waals surface area (Å²) in [6, 6.07) is 17.7. The van der Waals surface area contributed by atoms with Crippen LogP contribution in [-0.2, 0) is 11.3 Å². The highest BCUT2D eigenvalue weighted by Crippen LogP contribution is 2.31. The third kappa shape index (κ3) is 2.93. The van der Waals surface area contributed by atoms with E-state index in [0.717, 1.165) is 10.8 Å². The Morgan fingerprint density at radius 1 is 0.962 bits per heavy atom. The standard InChI is InChI=1S/C20H13ClN2O3/c21-16-9-10-18(14-6-2-1-5-13(14)16)26-19(24)11-23-12-22-17-8-4-3-7-15(17)20(23)25/h1-10,12H,11H2. The van der Waals surface area contributed by atoms with Crippen molar-refractivity contribution >= 4 is 39.2 Å². The van der Waals surface area contributed by atoms with Gasteiger partial charge in [0.25, 0.3) is 5.56 Å². The summed E-state index contributed by atoms with van der Waals surface area (Å²) >= 11 is 6.18. The number of rotatable bonds is 3. The fourth-order valence-corrected chi connectivity index (χ4v) is 3.06. The zero-order valence-electron chi connectivity index (χ0n) is 13.6. The van der Waals surface area contributed by atoms with Crippen LogP contribution in [0.4, 0.5) is 0 Å². The molecule has 3 aromatic carbocycles. The molecule has 0 amide bonds. The molecule has 1 heterocycles. The van der Waals surface area contributed by atoms with Crippen molar-refractivity contribution in [2.45, 2.75) is 6.54 Å². The first kappa shape index (κ1) is 16.3. The van der Waals surface area contributed by atoms with Crippen LogP contribution in [0.15, 0.2) is 71.8 Å². The number of carbonyl (C=O) groups excluding carboxylic acids is 1. The second kappa shape index (κ2) is 6.61. The lowest BCUT2D eigenvalue weighted by atomic mass is 10.1. The molecular formula is C20H13ClN2O3. The molecule has 0 saturated carbocycles. The number of nitrogens with zero attached hydrogens (tertiary/aromatic N) is 2. The molecule has 4 aromatic rings. The SMILES string of the molecule is O=C(Cn1cnc2ccccc2c1=O)Oc1ccc(Cl)c2ccccc12. The second-order valence-corrected chi connectivity index (χ2v) is 6.17. The molecule has 5 nitrogen and oxygen atoms in total. The summed E-state index contributed by atoms with van der Waals surface area (Å²) in [5, 5.41) is 2.57. The number of aromatic nitrogens is 2. The number of carbonyl (C=O) groups is 1. The van der Waals surface area contributed by atoms with Gasteiger partial charge in [0.1, 0.15) is 12.3 Å². The summed E-state index contributed by atoms with van der Waals surface area (Å²) in [4.78, 5) is 29.0. The van der Waals surface area contributed by atoms with Gasteiger partial charge in [-0.05, 0) is 24.3 Å². The zero-order valence-corrected chi connectivity index (χ0v) is 14.3. The van der Waals surface area contributed by atoms with Crippen molar-refractivity contribution in [3.8, 4) is 5.75 Å². The maximum Gasteiger partial charge on any atom is 0.331 e. The Bertz CT molecular complexity index is 1200. The Morgan fingerprint density at radius 3 is 2.46 bits per heavy atom. The fourth-order valence-electron chi connectivity index (χ4n) is 2.84. The van der Waals surface area contributed by atoms with E-state index in [2.05, 4.69) is 4.98 Å². The van der Waals surface area contributed by atoms with Gasteiger partial charge in [-0.15, -0.1) is 0 Å². The number of para-hydroxylation sites is 1. The van der Waals surface area contributed by atoms with Gasteiger partial charge in [0.15, 0.2) is 0 Å². The summed E-state index contributed by atoms with van der Waals surface area (Å²) in [7, 11) is 0. The molecular weight excluding hydrogens is 352 g/mol. The van der Waals surface area contributed by atoms with Crippen molar-refractivity contribution in [1.29, 1.82) is 0 Å². The van der Waals surface area contributed by atoms with Crippen LogP contribution >= 0.6 is 11.6 Å². The Morgan fingerprint density at radius 2 is 1.65 bits per heavy atom. The third-order valence-corrected chi connectivity index (χ3v) is 4.42. The minimum atomic E-state index is -0.559. The van der Waals surface area contributed by atoms with Gasteiger partial charge < -0.3 is 4.74 Å². The fraction of sp³-hybridized carbons (Fsp3) is 0.0500. The van der Waals surface area contributed by atoms with Gasteiger partial charge in [0, 0.05) is 15.8 Å². The summed E-state index contributed by atoms with van der Waals surface area (Å²) in [5.41, 5.74) is 0.305. The van der Waals surface area contributed by atoms with Crippen molar-refractivity contribution in [3.63, 3.8) is 0 Å². The minimum Gasteiger partial charge on any atom is -0.425 e. The topological polar surface area (TPSA) is 61.2 Å². The largest absolute Gasteiger partial charge is 0.425 e. The van der Waals surface area contributed by atoms with Crippen molar-refractivity contribution < 1.29 is 9.53 Å². The first-order valence-corrected chi connectivity index (χ1v) is 8.33. The lowest BCUT2D eigenvalue weighted by molar-refractivity contribution is -0.135. The van der Waals surface area contributed by atoms with Gasteiger partial charge in [-0.3, -0.25) is 9.36 Å². The molecule has 0 saturated heterocycles. The molecule has 0 aliphatic rings. The van der Waals surface area contributed by atoms with Crippen molar-refractivity contribution in [3.05, 3.63) is 82.4 Å². The molecule has 6 heteroatoms. The van der Waals surface area contributed by atoms with E-state index in [9.17, 15) is 9.59 Å². The van der Waals surface area contributed by atoms with Gasteiger partial charge in [0.2, 0.25) is 0 Å². The number of hydrogen-bond acceptors (Lipinski definition) is 4. The zero-order chi connectivity index (χ0) is 18.1. The molecule has 0 spiro atoms. The first-order chi connectivity index (χ1) is 12.6. The van der Waals surface area contributed by atoms with E-state index in [-0.39, 0.29) is 12.1 Å². The molecule has 0 atom stereocenters. The quantitative estimate of drug-likeness (QED) is 0.409. The van der Waals surface area contributed by atoms with Crippen LogP contribution in [0.2, 0.25) is 5.02 Å². The molecule has 0 N–H and O–H groups in total. The third-order valence-electron chi connectivity index (χ3n) is 4.09. The molecule has 0 aliphatic carbocycles. The molecule has 0 bridgehead atoms. The van der Waals surface area contributed by atoms with Crippen LogP contribution in [0.25, 0.3) is 21.7 Å². The van der Waals surface area contributed by atoms with Gasteiger partial charge in [-0.25, -0.2) is 9.78 Å². The van der Waals surface area contributed by atoms with Crippen LogP contribution in [0.5, 0.6) is 5.75 Å². The molecule has 0 aliphatic heterocycles. The minimum absolute atomic E-state index is 0.229. The maximum absolute atomic E-state index is 12.5. The van der Waals surface area contributed by atoms with Gasteiger partial charge >= 0.3 is 5.97 Å². The predicted octanol–water partition coefficient (Wildman–Crippen LogP) is 3.81. The van der Waals surface area contributed by atoms with E-state index in [1.807, 2.05) is 24.3 Å². The molecule has 128 valence electrons. The highest BCUT2D eigenvalue weighted by Gasteiger charge is 2.12. The summed E-state index contributed by atoms with van der Waals surface area (Å²) in [6.07, 6.45) is 1.35. The molecule has 0 radical (unpaired) electrons. The number of esters is 1. The van der Waals surface area contributed by atoms with Gasteiger partial charge in [-0.1, -0.05) is 48.0 Å². The highest BCUT2D eigenvalue weighted by molar-refractivity contribution is 6.35. The smallest absolute Gasteiger partial charge is 0.331 e. The number of hydrogen-bond donors (Lipinski definition) is 0. The van der Waals surface area contributed by atoms with Crippen molar-refractivity contribution in [2.24, 2.45) is 0 Å². The lowest BCUT2D eigenvalue weighted by Crippen LogP contribution is -2.26. The van der Waals surface area contributed by atoms with Crippen molar-refractivity contribution in [1.82, 2.24) is 9.55 Å².